The number of nitrogens with one attached hydrogen (secondary N) is 1. The van der Waals surface area contributed by atoms with E-state index in [-0.39, 0.29) is 30.4 Å². The molecule has 0 fully saturated rings. The molecule has 0 bridgehead atoms. The molecule has 0 aromatic heterocycles. The van der Waals surface area contributed by atoms with Crippen LogP contribution in [0, 0.1) is 5.92 Å². The van der Waals surface area contributed by atoms with Crippen LogP contribution in [0.4, 0.5) is 5.69 Å². The van der Waals surface area contributed by atoms with Crippen molar-refractivity contribution in [3.63, 3.8) is 0 Å². The minimum Gasteiger partial charge on any atom is -0.507 e. The van der Waals surface area contributed by atoms with Crippen LogP contribution in [0.2, 0.25) is 0 Å². The molecule has 110 valence electrons. The van der Waals surface area contributed by atoms with E-state index in [1.807, 2.05) is 6.07 Å². The number of carboxylic acids is 1. The molecule has 2 aromatic rings. The summed E-state index contributed by atoms with van der Waals surface area (Å²) in [5.74, 6) is -1.22. The van der Waals surface area contributed by atoms with Gasteiger partial charge >= 0.3 is 5.97 Å². The number of phenolic OH excluding ortho intramolecular Hbond substituents is 1. The van der Waals surface area contributed by atoms with Crippen LogP contribution >= 0.6 is 0 Å². The third-order valence-corrected chi connectivity index (χ3v) is 3.23. The summed E-state index contributed by atoms with van der Waals surface area (Å²) in [4.78, 5) is 22.6. The lowest BCUT2D eigenvalue weighted by Gasteiger charge is -2.12. The van der Waals surface area contributed by atoms with E-state index in [0.717, 1.165) is 5.39 Å². The Morgan fingerprint density at radius 2 is 1.76 bits per heavy atom. The van der Waals surface area contributed by atoms with Gasteiger partial charge < -0.3 is 15.5 Å². The van der Waals surface area contributed by atoms with Crippen molar-refractivity contribution in [3.8, 4) is 5.75 Å². The van der Waals surface area contributed by atoms with Crippen LogP contribution in [0.3, 0.4) is 0 Å². The number of amides is 1. The van der Waals surface area contributed by atoms with Gasteiger partial charge in [-0.05, 0) is 18.1 Å². The molecule has 3 N–H and O–H groups in total. The average Bonchev–Trinajstić information content (AvgIpc) is 2.38. The Bertz CT molecular complexity index is 681. The third kappa shape index (κ3) is 3.72. The highest BCUT2D eigenvalue weighted by Crippen LogP contribution is 2.29. The van der Waals surface area contributed by atoms with E-state index >= 15 is 0 Å². The Kier molecular flexibility index (Phi) is 4.42. The number of hydrogen-bond donors (Lipinski definition) is 3. The Morgan fingerprint density at radius 3 is 2.48 bits per heavy atom. The number of carbonyl (C=O) groups excluding carboxylic acids is 1. The van der Waals surface area contributed by atoms with Gasteiger partial charge in [0, 0.05) is 29.3 Å². The largest absolute Gasteiger partial charge is 0.507 e. The predicted octanol–water partition coefficient (Wildman–Crippen LogP) is 2.98. The lowest BCUT2D eigenvalue weighted by molar-refractivity contribution is -0.138. The topological polar surface area (TPSA) is 86.6 Å². The zero-order valence-corrected chi connectivity index (χ0v) is 11.7. The summed E-state index contributed by atoms with van der Waals surface area (Å²) in [6.07, 6.45) is 0.102. The van der Waals surface area contributed by atoms with Crippen LogP contribution in [0.15, 0.2) is 36.4 Å². The van der Waals surface area contributed by atoms with Crippen molar-refractivity contribution in [1.82, 2.24) is 0 Å². The highest BCUT2D eigenvalue weighted by Gasteiger charge is 2.14. The molecule has 2 aromatic carbocycles. The molecule has 0 aliphatic rings. The first-order chi connectivity index (χ1) is 9.97. The van der Waals surface area contributed by atoms with Crippen molar-refractivity contribution in [2.45, 2.75) is 19.8 Å². The summed E-state index contributed by atoms with van der Waals surface area (Å²) in [7, 11) is 0. The van der Waals surface area contributed by atoms with E-state index in [9.17, 15) is 14.7 Å². The summed E-state index contributed by atoms with van der Waals surface area (Å²) in [6.45, 7) is 1.72. The molecular weight excluding hydrogens is 270 g/mol. The monoisotopic (exact) mass is 287 g/mol. The SMILES string of the molecule is CC(CC(=O)O)CC(=O)Nc1cccc2c(O)cccc12. The minimum absolute atomic E-state index is 0.0380. The van der Waals surface area contributed by atoms with Gasteiger partial charge in [0.2, 0.25) is 5.91 Å². The van der Waals surface area contributed by atoms with Crippen LogP contribution in [0.5, 0.6) is 5.75 Å². The van der Waals surface area contributed by atoms with Crippen molar-refractivity contribution < 1.29 is 19.8 Å². The Labute approximate surface area is 122 Å². The summed E-state index contributed by atoms with van der Waals surface area (Å²) < 4.78 is 0. The van der Waals surface area contributed by atoms with Crippen molar-refractivity contribution >= 4 is 28.3 Å². The molecule has 1 amide bonds. The van der Waals surface area contributed by atoms with Crippen molar-refractivity contribution in [2.75, 3.05) is 5.32 Å². The van der Waals surface area contributed by atoms with E-state index in [4.69, 9.17) is 5.11 Å². The van der Waals surface area contributed by atoms with Crippen molar-refractivity contribution in [3.05, 3.63) is 36.4 Å². The van der Waals surface area contributed by atoms with Gasteiger partial charge in [0.15, 0.2) is 0 Å². The zero-order chi connectivity index (χ0) is 15.4. The summed E-state index contributed by atoms with van der Waals surface area (Å²) in [5, 5.41) is 22.7. The summed E-state index contributed by atoms with van der Waals surface area (Å²) in [5.41, 5.74) is 0.607. The van der Waals surface area contributed by atoms with E-state index in [1.54, 1.807) is 37.3 Å². The van der Waals surface area contributed by atoms with Gasteiger partial charge in [-0.15, -0.1) is 0 Å². The Morgan fingerprint density at radius 1 is 1.10 bits per heavy atom. The lowest BCUT2D eigenvalue weighted by Crippen LogP contribution is -2.17. The first-order valence-electron chi connectivity index (χ1n) is 6.69. The van der Waals surface area contributed by atoms with Gasteiger partial charge in [-0.3, -0.25) is 9.59 Å². The minimum atomic E-state index is -0.912. The fourth-order valence-corrected chi connectivity index (χ4v) is 2.29. The predicted molar refractivity (Wildman–Crippen MR) is 80.3 cm³/mol. The molecule has 1 unspecified atom stereocenters. The molecule has 0 radical (unpaired) electrons. The van der Waals surface area contributed by atoms with E-state index in [1.165, 1.54) is 0 Å². The Balaban J connectivity index is 2.15. The number of benzene rings is 2. The number of hydrogen-bond acceptors (Lipinski definition) is 3. The second-order valence-corrected chi connectivity index (χ2v) is 5.13. The van der Waals surface area contributed by atoms with Gasteiger partial charge in [0.05, 0.1) is 0 Å². The standard InChI is InChI=1S/C16H17NO4/c1-10(9-16(20)21)8-15(19)17-13-6-2-5-12-11(13)4-3-7-14(12)18/h2-7,10,18H,8-9H2,1H3,(H,17,19)(H,20,21). The first kappa shape index (κ1) is 14.8. The molecular formula is C16H17NO4. The molecule has 2 rings (SSSR count). The number of aromatic hydroxyl groups is 1. The van der Waals surface area contributed by atoms with Crippen molar-refractivity contribution in [2.24, 2.45) is 5.92 Å². The van der Waals surface area contributed by atoms with Crippen LogP contribution in [-0.4, -0.2) is 22.1 Å². The number of carbonyl (C=O) groups is 2. The van der Waals surface area contributed by atoms with Crippen LogP contribution in [0.25, 0.3) is 10.8 Å². The summed E-state index contributed by atoms with van der Waals surface area (Å²) >= 11 is 0. The first-order valence-corrected chi connectivity index (χ1v) is 6.69. The zero-order valence-electron chi connectivity index (χ0n) is 11.7. The third-order valence-electron chi connectivity index (χ3n) is 3.23. The maximum atomic E-state index is 12.0. The van der Waals surface area contributed by atoms with Gasteiger partial charge in [0.25, 0.3) is 0 Å². The maximum Gasteiger partial charge on any atom is 0.303 e. The smallest absolute Gasteiger partial charge is 0.303 e. The number of phenols is 1. The normalized spacial score (nSPS) is 12.0. The second kappa shape index (κ2) is 6.26. The van der Waals surface area contributed by atoms with Crippen LogP contribution in [-0.2, 0) is 9.59 Å². The molecule has 0 spiro atoms. The molecule has 0 saturated heterocycles. The molecule has 5 nitrogen and oxygen atoms in total. The highest BCUT2D eigenvalue weighted by atomic mass is 16.4. The second-order valence-electron chi connectivity index (χ2n) is 5.13. The number of carboxylic acid groups (broad SMARTS) is 1. The highest BCUT2D eigenvalue weighted by molar-refractivity contribution is 6.03. The quantitative estimate of drug-likeness (QED) is 0.789. The molecule has 0 aliphatic carbocycles. The number of rotatable bonds is 5. The summed E-state index contributed by atoms with van der Waals surface area (Å²) in [6, 6.07) is 10.4. The van der Waals surface area contributed by atoms with Crippen molar-refractivity contribution in [1.29, 1.82) is 0 Å². The van der Waals surface area contributed by atoms with E-state index < -0.39 is 5.97 Å². The molecule has 0 saturated carbocycles. The molecule has 21 heavy (non-hydrogen) atoms. The molecule has 5 heteroatoms. The van der Waals surface area contributed by atoms with Gasteiger partial charge in [-0.1, -0.05) is 31.2 Å². The van der Waals surface area contributed by atoms with E-state index in [2.05, 4.69) is 5.32 Å². The number of aliphatic carboxylic acids is 1. The molecule has 0 aliphatic heterocycles. The van der Waals surface area contributed by atoms with Gasteiger partial charge in [-0.2, -0.15) is 0 Å². The molecule has 0 heterocycles. The van der Waals surface area contributed by atoms with Crippen LogP contribution in [0.1, 0.15) is 19.8 Å². The number of anilines is 1. The van der Waals surface area contributed by atoms with Crippen LogP contribution < -0.4 is 5.32 Å². The van der Waals surface area contributed by atoms with Gasteiger partial charge in [-0.25, -0.2) is 0 Å². The fourth-order valence-electron chi connectivity index (χ4n) is 2.29. The lowest BCUT2D eigenvalue weighted by atomic mass is 10.0. The van der Waals surface area contributed by atoms with E-state index in [0.29, 0.717) is 11.1 Å². The maximum absolute atomic E-state index is 12.0. The molecule has 1 atom stereocenters. The Hall–Kier alpha value is -2.56. The van der Waals surface area contributed by atoms with Gasteiger partial charge in [0.1, 0.15) is 5.75 Å². The number of fused-ring (bicyclic) bond motifs is 1. The fraction of sp³-hybridized carbons (Fsp3) is 0.250. The average molecular weight is 287 g/mol.